The smallest absolute Gasteiger partial charge is 0.205 e. The van der Waals surface area contributed by atoms with Gasteiger partial charge >= 0.3 is 0 Å². The van der Waals surface area contributed by atoms with Crippen molar-refractivity contribution in [2.24, 2.45) is 0 Å². The average molecular weight is 361 g/mol. The fourth-order valence-electron chi connectivity index (χ4n) is 2.74. The Bertz CT molecular complexity index is 1110. The van der Waals surface area contributed by atoms with Gasteiger partial charge in [-0.2, -0.15) is 0 Å². The third-order valence-electron chi connectivity index (χ3n) is 4.09. The summed E-state index contributed by atoms with van der Waals surface area (Å²) in [4.78, 5) is 22.9. The minimum absolute atomic E-state index is 0.132. The molecule has 3 aromatic heterocycles. The Morgan fingerprint density at radius 2 is 2.04 bits per heavy atom. The maximum Gasteiger partial charge on any atom is 0.205 e. The minimum Gasteiger partial charge on any atom is -0.497 e. The van der Waals surface area contributed by atoms with Crippen LogP contribution in [0, 0.1) is 0 Å². The van der Waals surface area contributed by atoms with Crippen LogP contribution in [0.25, 0.3) is 21.5 Å². The number of benzene rings is 1. The van der Waals surface area contributed by atoms with E-state index in [1.807, 2.05) is 24.3 Å². The number of nitrogens with zero attached hydrogens (tertiary/aromatic N) is 2. The number of rotatable bonds is 4. The second-order valence-electron chi connectivity index (χ2n) is 5.70. The summed E-state index contributed by atoms with van der Waals surface area (Å²) in [6.07, 6.45) is 3.48. The zero-order valence-electron chi connectivity index (χ0n) is 14.0. The van der Waals surface area contributed by atoms with E-state index in [0.717, 1.165) is 21.5 Å². The highest BCUT2D eigenvalue weighted by atomic mass is 32.1. The molecule has 0 amide bonds. The summed E-state index contributed by atoms with van der Waals surface area (Å²) in [6, 6.07) is 14.6. The summed E-state index contributed by atoms with van der Waals surface area (Å²) in [5.74, 6) is 0.500. The molecule has 3 heterocycles. The third kappa shape index (κ3) is 2.80. The normalized spacial score (nSPS) is 10.8. The molecule has 1 aromatic carbocycles. The molecule has 4 aromatic rings. The van der Waals surface area contributed by atoms with E-state index in [4.69, 9.17) is 10.5 Å². The SMILES string of the molecule is COc1cccc(C(=O)c2sc3nc(-c4cccnc4)ccc3c2N)c1. The monoisotopic (exact) mass is 361 g/mol. The molecule has 0 saturated heterocycles. The van der Waals surface area contributed by atoms with E-state index in [-0.39, 0.29) is 5.78 Å². The van der Waals surface area contributed by atoms with E-state index in [1.54, 1.807) is 43.8 Å². The van der Waals surface area contributed by atoms with Crippen LogP contribution >= 0.6 is 11.3 Å². The number of aromatic nitrogens is 2. The fraction of sp³-hybridized carbons (Fsp3) is 0.0500. The Labute approximate surface area is 154 Å². The molecule has 2 N–H and O–H groups in total. The molecule has 0 fully saturated rings. The van der Waals surface area contributed by atoms with Gasteiger partial charge < -0.3 is 10.5 Å². The van der Waals surface area contributed by atoms with Crippen LogP contribution in [0.4, 0.5) is 5.69 Å². The molecule has 0 spiro atoms. The van der Waals surface area contributed by atoms with Crippen molar-refractivity contribution in [3.05, 3.63) is 71.4 Å². The van der Waals surface area contributed by atoms with Gasteiger partial charge in [-0.15, -0.1) is 11.3 Å². The second-order valence-corrected chi connectivity index (χ2v) is 6.70. The van der Waals surface area contributed by atoms with Gasteiger partial charge in [-0.05, 0) is 36.4 Å². The number of thiophene rings is 1. The number of nitrogen functional groups attached to an aromatic ring is 1. The van der Waals surface area contributed by atoms with Gasteiger partial charge in [0.05, 0.1) is 18.5 Å². The Balaban J connectivity index is 1.78. The first-order valence-electron chi connectivity index (χ1n) is 7.95. The average Bonchev–Trinajstić information content (AvgIpc) is 3.04. The number of hydrogen-bond donors (Lipinski definition) is 1. The summed E-state index contributed by atoms with van der Waals surface area (Å²) in [7, 11) is 1.57. The zero-order chi connectivity index (χ0) is 18.1. The van der Waals surface area contributed by atoms with Crippen LogP contribution in [0.15, 0.2) is 60.9 Å². The molecule has 128 valence electrons. The number of carbonyl (C=O) groups excluding carboxylic acids is 1. The van der Waals surface area contributed by atoms with Crippen molar-refractivity contribution in [1.82, 2.24) is 9.97 Å². The first-order valence-corrected chi connectivity index (χ1v) is 8.77. The summed E-state index contributed by atoms with van der Waals surface area (Å²) >= 11 is 1.30. The molecule has 0 aliphatic carbocycles. The minimum atomic E-state index is -0.132. The highest BCUT2D eigenvalue weighted by Gasteiger charge is 2.19. The lowest BCUT2D eigenvalue weighted by atomic mass is 10.1. The predicted octanol–water partition coefficient (Wildman–Crippen LogP) is 4.18. The molecular formula is C20H15N3O2S. The molecule has 4 rings (SSSR count). The van der Waals surface area contributed by atoms with Crippen LogP contribution in [0.5, 0.6) is 5.75 Å². The summed E-state index contributed by atoms with van der Waals surface area (Å²) < 4.78 is 5.20. The molecule has 0 unspecified atom stereocenters. The third-order valence-corrected chi connectivity index (χ3v) is 5.20. The van der Waals surface area contributed by atoms with E-state index in [1.165, 1.54) is 11.3 Å². The number of fused-ring (bicyclic) bond motifs is 1. The van der Waals surface area contributed by atoms with Crippen LogP contribution in [0.2, 0.25) is 0 Å². The fourth-order valence-corrected chi connectivity index (χ4v) is 3.79. The number of anilines is 1. The number of nitrogens with two attached hydrogens (primary N) is 1. The Morgan fingerprint density at radius 3 is 2.81 bits per heavy atom. The summed E-state index contributed by atoms with van der Waals surface area (Å²) in [6.45, 7) is 0. The Morgan fingerprint density at radius 1 is 1.15 bits per heavy atom. The van der Waals surface area contributed by atoms with Crippen molar-refractivity contribution < 1.29 is 9.53 Å². The maximum atomic E-state index is 12.9. The number of methoxy groups -OCH3 is 1. The van der Waals surface area contributed by atoms with E-state index in [9.17, 15) is 4.79 Å². The first kappa shape index (κ1) is 16.2. The lowest BCUT2D eigenvalue weighted by Crippen LogP contribution is -2.02. The number of carbonyl (C=O) groups is 1. The van der Waals surface area contributed by atoms with Gasteiger partial charge in [-0.3, -0.25) is 9.78 Å². The van der Waals surface area contributed by atoms with Crippen LogP contribution in [-0.4, -0.2) is 22.9 Å². The van der Waals surface area contributed by atoms with Crippen LogP contribution in [-0.2, 0) is 0 Å². The van der Waals surface area contributed by atoms with Gasteiger partial charge in [-0.1, -0.05) is 12.1 Å². The topological polar surface area (TPSA) is 78.1 Å². The van der Waals surface area contributed by atoms with Gasteiger partial charge in [0.25, 0.3) is 0 Å². The molecular weight excluding hydrogens is 346 g/mol. The summed E-state index contributed by atoms with van der Waals surface area (Å²) in [5.41, 5.74) is 8.96. The molecule has 0 atom stereocenters. The highest BCUT2D eigenvalue weighted by molar-refractivity contribution is 7.21. The second kappa shape index (κ2) is 6.57. The first-order chi connectivity index (χ1) is 12.7. The Kier molecular flexibility index (Phi) is 4.10. The van der Waals surface area contributed by atoms with Crippen molar-refractivity contribution in [3.8, 4) is 17.0 Å². The number of ketones is 1. The quantitative estimate of drug-likeness (QED) is 0.552. The lowest BCUT2D eigenvalue weighted by Gasteiger charge is -2.03. The van der Waals surface area contributed by atoms with Crippen molar-refractivity contribution in [2.45, 2.75) is 0 Å². The van der Waals surface area contributed by atoms with Crippen LogP contribution < -0.4 is 10.5 Å². The number of hydrogen-bond acceptors (Lipinski definition) is 6. The number of pyridine rings is 2. The molecule has 0 saturated carbocycles. The Hall–Kier alpha value is -3.25. The van der Waals surface area contributed by atoms with E-state index in [2.05, 4.69) is 9.97 Å². The summed E-state index contributed by atoms with van der Waals surface area (Å²) in [5, 5.41) is 0.786. The van der Waals surface area contributed by atoms with Crippen molar-refractivity contribution in [3.63, 3.8) is 0 Å². The standard InChI is InChI=1S/C20H15N3O2S/c1-25-14-6-2-4-12(10-14)18(24)19-17(21)15-7-8-16(23-20(15)26-19)13-5-3-9-22-11-13/h2-11H,21H2,1H3. The van der Waals surface area contributed by atoms with Crippen molar-refractivity contribution in [2.75, 3.05) is 12.8 Å². The van der Waals surface area contributed by atoms with E-state index >= 15 is 0 Å². The lowest BCUT2D eigenvalue weighted by molar-refractivity contribution is 0.104. The molecule has 6 heteroatoms. The van der Waals surface area contributed by atoms with Gasteiger partial charge in [0, 0.05) is 28.9 Å². The molecule has 26 heavy (non-hydrogen) atoms. The van der Waals surface area contributed by atoms with Gasteiger partial charge in [0.2, 0.25) is 5.78 Å². The predicted molar refractivity (Wildman–Crippen MR) is 104 cm³/mol. The van der Waals surface area contributed by atoms with E-state index in [0.29, 0.717) is 21.9 Å². The molecule has 0 radical (unpaired) electrons. The van der Waals surface area contributed by atoms with Gasteiger partial charge in [0.15, 0.2) is 0 Å². The van der Waals surface area contributed by atoms with Crippen LogP contribution in [0.1, 0.15) is 15.2 Å². The van der Waals surface area contributed by atoms with Crippen LogP contribution in [0.3, 0.4) is 0 Å². The largest absolute Gasteiger partial charge is 0.497 e. The highest BCUT2D eigenvalue weighted by Crippen LogP contribution is 2.35. The molecule has 0 bridgehead atoms. The molecule has 0 aliphatic heterocycles. The molecule has 5 nitrogen and oxygen atoms in total. The van der Waals surface area contributed by atoms with Crippen molar-refractivity contribution in [1.29, 1.82) is 0 Å². The maximum absolute atomic E-state index is 12.9. The number of ether oxygens (including phenoxy) is 1. The zero-order valence-corrected chi connectivity index (χ0v) is 14.8. The van der Waals surface area contributed by atoms with Gasteiger partial charge in [0.1, 0.15) is 15.5 Å². The van der Waals surface area contributed by atoms with Crippen molar-refractivity contribution >= 4 is 33.0 Å². The van der Waals surface area contributed by atoms with E-state index < -0.39 is 0 Å². The molecule has 0 aliphatic rings. The van der Waals surface area contributed by atoms with Gasteiger partial charge in [-0.25, -0.2) is 4.98 Å².